The van der Waals surface area contributed by atoms with Crippen LogP contribution >= 0.6 is 22.9 Å². The Morgan fingerprint density at radius 3 is 2.56 bits per heavy atom. The predicted octanol–water partition coefficient (Wildman–Crippen LogP) is 7.21. The monoisotopic (exact) mass is 738 g/mol. The number of nitrogens with zero attached hydrogens (tertiary/aromatic N) is 4. The van der Waals surface area contributed by atoms with Gasteiger partial charge in [0.25, 0.3) is 0 Å². The quantitative estimate of drug-likeness (QED) is 0.0890. The maximum absolute atomic E-state index is 9.80. The molecule has 3 aromatic carbocycles. The molecular weight excluding hydrogens is 696 g/mol. The first-order valence-corrected chi connectivity index (χ1v) is 18.6. The summed E-state index contributed by atoms with van der Waals surface area (Å²) < 4.78 is 18.9. The largest absolute Gasteiger partial charge is 0.493 e. The third-order valence-corrected chi connectivity index (χ3v) is 10.2. The number of nitrogens with one attached hydrogen (secondary N) is 1. The smallest absolute Gasteiger partial charge is 0.180 e. The van der Waals surface area contributed by atoms with Crippen molar-refractivity contribution in [1.29, 1.82) is 5.26 Å². The van der Waals surface area contributed by atoms with Crippen LogP contribution in [0.1, 0.15) is 51.9 Å². The van der Waals surface area contributed by atoms with Crippen molar-refractivity contribution in [2.75, 3.05) is 32.0 Å². The van der Waals surface area contributed by atoms with E-state index in [-0.39, 0.29) is 12.7 Å². The Labute approximate surface area is 313 Å². The molecule has 4 N–H and O–H groups in total. The molecule has 10 nitrogen and oxygen atoms in total. The number of benzene rings is 3. The summed E-state index contributed by atoms with van der Waals surface area (Å²) in [7, 11) is 0. The zero-order chi connectivity index (χ0) is 36.5. The molecule has 1 unspecified atom stereocenters. The van der Waals surface area contributed by atoms with E-state index in [1.54, 1.807) is 12.3 Å². The van der Waals surface area contributed by atoms with E-state index in [1.165, 1.54) is 17.5 Å². The molecule has 5 aromatic rings. The fraction of sp³-hybridized carbons (Fsp3) is 0.325. The van der Waals surface area contributed by atoms with Crippen LogP contribution in [-0.4, -0.2) is 52.3 Å². The second kappa shape index (κ2) is 17.7. The van der Waals surface area contributed by atoms with E-state index >= 15 is 0 Å². The van der Waals surface area contributed by atoms with E-state index in [1.807, 2.05) is 35.7 Å². The summed E-state index contributed by atoms with van der Waals surface area (Å²) in [5, 5.41) is 25.4. The number of hydrogen-bond acceptors (Lipinski definition) is 11. The third kappa shape index (κ3) is 9.59. The van der Waals surface area contributed by atoms with Crippen molar-refractivity contribution in [3.8, 4) is 34.4 Å². The summed E-state index contributed by atoms with van der Waals surface area (Å²) in [5.41, 5.74) is 14.2. The van der Waals surface area contributed by atoms with Gasteiger partial charge in [-0.15, -0.1) is 11.3 Å². The topological polar surface area (TPSA) is 139 Å². The number of aromatic nitrogens is 2. The normalized spacial score (nSPS) is 14.3. The summed E-state index contributed by atoms with van der Waals surface area (Å²) in [6.45, 7) is 8.96. The molecule has 0 bridgehead atoms. The van der Waals surface area contributed by atoms with Crippen LogP contribution < -0.4 is 25.3 Å². The van der Waals surface area contributed by atoms with E-state index < -0.39 is 0 Å². The zero-order valence-corrected chi connectivity index (χ0v) is 31.0. The number of halogens is 1. The first-order chi connectivity index (χ1) is 25.3. The average molecular weight is 739 g/mol. The Kier molecular flexibility index (Phi) is 12.6. The van der Waals surface area contributed by atoms with Gasteiger partial charge in [0, 0.05) is 67.7 Å². The number of hydrogen-bond donors (Lipinski definition) is 3. The Balaban J connectivity index is 1.15. The SMILES string of the molecule is Cc1c(COc2cc(OCc3cncc(C#N)c3)c(CNCc3csc(N)n3)cc2Cl)cccc1-c1cccc(OCCCN2CCC(O)C2)c1C. The molecule has 0 amide bonds. The maximum atomic E-state index is 9.80. The highest BCUT2D eigenvalue weighted by Crippen LogP contribution is 2.36. The van der Waals surface area contributed by atoms with Crippen LogP contribution in [-0.2, 0) is 26.3 Å². The number of aliphatic hydroxyl groups is 1. The van der Waals surface area contributed by atoms with Crippen LogP contribution in [0.3, 0.4) is 0 Å². The number of pyridine rings is 1. The van der Waals surface area contributed by atoms with Crippen LogP contribution in [0.2, 0.25) is 5.02 Å². The second-order valence-electron chi connectivity index (χ2n) is 12.9. The van der Waals surface area contributed by atoms with Crippen LogP contribution in [0.25, 0.3) is 11.1 Å². The molecule has 3 heterocycles. The minimum absolute atomic E-state index is 0.203. The van der Waals surface area contributed by atoms with Crippen LogP contribution in [0, 0.1) is 25.2 Å². The van der Waals surface area contributed by atoms with Gasteiger partial charge >= 0.3 is 0 Å². The Morgan fingerprint density at radius 2 is 1.79 bits per heavy atom. The summed E-state index contributed by atoms with van der Waals surface area (Å²) in [4.78, 5) is 10.8. The number of nitrogens with two attached hydrogens (primary N) is 1. The lowest BCUT2D eigenvalue weighted by Gasteiger charge is -2.19. The minimum atomic E-state index is -0.203. The molecule has 270 valence electrons. The highest BCUT2D eigenvalue weighted by molar-refractivity contribution is 7.13. The molecule has 1 aliphatic rings. The highest BCUT2D eigenvalue weighted by atomic mass is 35.5. The summed E-state index contributed by atoms with van der Waals surface area (Å²) in [6.07, 6.45) is 4.75. The molecule has 1 aliphatic heterocycles. The van der Waals surface area contributed by atoms with Gasteiger partial charge in [-0.1, -0.05) is 41.9 Å². The minimum Gasteiger partial charge on any atom is -0.493 e. The number of anilines is 1. The van der Waals surface area contributed by atoms with Crippen molar-refractivity contribution >= 4 is 28.1 Å². The first kappa shape index (κ1) is 37.1. The number of nitrogen functional groups attached to an aromatic ring is 1. The number of nitriles is 1. The maximum Gasteiger partial charge on any atom is 0.180 e. The second-order valence-corrected chi connectivity index (χ2v) is 14.2. The molecule has 1 fully saturated rings. The van der Waals surface area contributed by atoms with Gasteiger partial charge in [-0.3, -0.25) is 4.98 Å². The summed E-state index contributed by atoms with van der Waals surface area (Å²) >= 11 is 8.22. The first-order valence-electron chi connectivity index (χ1n) is 17.3. The third-order valence-electron chi connectivity index (χ3n) is 9.15. The van der Waals surface area contributed by atoms with Crippen molar-refractivity contribution in [2.45, 2.75) is 59.1 Å². The van der Waals surface area contributed by atoms with E-state index in [4.69, 9.17) is 31.5 Å². The number of β-amino-alcohol motifs (C(OH)–C–C–N with tert-alkyl or cyclic N) is 1. The van der Waals surface area contributed by atoms with Gasteiger partial charge in [0.1, 0.15) is 36.5 Å². The van der Waals surface area contributed by atoms with Gasteiger partial charge in [-0.05, 0) is 72.7 Å². The summed E-state index contributed by atoms with van der Waals surface area (Å²) in [6, 6.07) is 20.0. The van der Waals surface area contributed by atoms with Gasteiger partial charge in [-0.2, -0.15) is 5.26 Å². The van der Waals surface area contributed by atoms with Crippen molar-refractivity contribution in [2.24, 2.45) is 0 Å². The molecule has 1 saturated heterocycles. The van der Waals surface area contributed by atoms with Gasteiger partial charge in [0.05, 0.1) is 29.0 Å². The van der Waals surface area contributed by atoms with Crippen molar-refractivity contribution in [3.63, 3.8) is 0 Å². The van der Waals surface area contributed by atoms with Crippen molar-refractivity contribution in [3.05, 3.63) is 116 Å². The van der Waals surface area contributed by atoms with Crippen LogP contribution in [0.15, 0.2) is 72.4 Å². The molecular formula is C40H43ClN6O4S. The Morgan fingerprint density at radius 1 is 0.981 bits per heavy atom. The van der Waals surface area contributed by atoms with Gasteiger partial charge in [0.15, 0.2) is 5.13 Å². The molecule has 6 rings (SSSR count). The van der Waals surface area contributed by atoms with E-state index in [9.17, 15) is 10.4 Å². The fourth-order valence-electron chi connectivity index (χ4n) is 6.31. The fourth-order valence-corrected chi connectivity index (χ4v) is 7.12. The standard InChI is InChI=1S/C40H43ClN6O4S/c1-26-30(6-3-7-34(26)35-8-4-9-37(27(35)2)49-13-5-11-47-12-10-33(48)22-47)24-51-39-16-38(50-23-29-14-28(17-42)18-44-19-29)31(15-36(39)41)20-45-21-32-25-52-40(43)46-32/h3-4,6-9,14-16,18-19,25,33,45,48H,5,10-13,20-24H2,1-2H3,(H2,43,46). The molecule has 0 spiro atoms. The van der Waals surface area contributed by atoms with Crippen LogP contribution in [0.5, 0.6) is 17.2 Å². The lowest BCUT2D eigenvalue weighted by atomic mass is 9.93. The van der Waals surface area contributed by atoms with Gasteiger partial charge < -0.3 is 35.3 Å². The number of thiazole rings is 1. The van der Waals surface area contributed by atoms with Crippen LogP contribution in [0.4, 0.5) is 5.13 Å². The number of rotatable bonds is 16. The van der Waals surface area contributed by atoms with E-state index in [0.29, 0.717) is 53.5 Å². The molecule has 0 aliphatic carbocycles. The van der Waals surface area contributed by atoms with E-state index in [0.717, 1.165) is 82.9 Å². The summed E-state index contributed by atoms with van der Waals surface area (Å²) in [5.74, 6) is 1.97. The van der Waals surface area contributed by atoms with Crippen molar-refractivity contribution in [1.82, 2.24) is 20.2 Å². The van der Waals surface area contributed by atoms with E-state index in [2.05, 4.69) is 58.3 Å². The zero-order valence-electron chi connectivity index (χ0n) is 29.4. The molecule has 0 saturated carbocycles. The number of ether oxygens (including phenoxy) is 3. The number of likely N-dealkylation sites (tertiary alicyclic amines) is 1. The average Bonchev–Trinajstić information content (AvgIpc) is 3.77. The van der Waals surface area contributed by atoms with Crippen molar-refractivity contribution < 1.29 is 19.3 Å². The lowest BCUT2D eigenvalue weighted by Crippen LogP contribution is -2.24. The lowest BCUT2D eigenvalue weighted by molar-refractivity contribution is 0.173. The molecule has 12 heteroatoms. The molecule has 1 atom stereocenters. The Hall–Kier alpha value is -4.70. The Bertz CT molecular complexity index is 2030. The molecule has 52 heavy (non-hydrogen) atoms. The number of aliphatic hydroxyl groups excluding tert-OH is 1. The van der Waals surface area contributed by atoms with Gasteiger partial charge in [0.2, 0.25) is 0 Å². The predicted molar refractivity (Wildman–Crippen MR) is 205 cm³/mol. The van der Waals surface area contributed by atoms with Gasteiger partial charge in [-0.25, -0.2) is 4.98 Å². The molecule has 2 aromatic heterocycles. The molecule has 0 radical (unpaired) electrons. The highest BCUT2D eigenvalue weighted by Gasteiger charge is 2.20.